The average Bonchev–Trinajstić information content (AvgIpc) is 2.84. The Balaban J connectivity index is 0.000000168. The minimum absolute atomic E-state index is 0.0666. The van der Waals surface area contributed by atoms with Gasteiger partial charge in [0.05, 0.1) is 4.90 Å². The van der Waals surface area contributed by atoms with Crippen LogP contribution in [0.5, 0.6) is 0 Å². The van der Waals surface area contributed by atoms with Crippen molar-refractivity contribution in [3.8, 4) is 0 Å². The Morgan fingerprint density at radius 1 is 1.13 bits per heavy atom. The van der Waals surface area contributed by atoms with Gasteiger partial charge in [-0.25, -0.2) is 0 Å². The summed E-state index contributed by atoms with van der Waals surface area (Å²) in [5.74, 6) is 5.27. The second kappa shape index (κ2) is 7.14. The van der Waals surface area contributed by atoms with Gasteiger partial charge in [0.2, 0.25) is 0 Å². The van der Waals surface area contributed by atoms with E-state index in [-0.39, 0.29) is 4.90 Å². The molecule has 0 unspecified atom stereocenters. The Kier molecular flexibility index (Phi) is 5.43. The SMILES string of the molecule is Cc1ccc(S(=O)(=O)O)cc1.Cn1/c(=N\N)[se]c2ccccc21. The Labute approximate surface area is 140 Å². The topological polar surface area (TPSA) is 97.7 Å². The van der Waals surface area contributed by atoms with Gasteiger partial charge >= 0.3 is 75.5 Å². The standard InChI is InChI=1S/C8H9N3Se.C7H8O3S/c1-11-6-4-2-3-5-7(6)12-8(11)10-9;1-6-2-4-7(5-3-6)11(8,9)10/h2-5H,9H2,1H3;2-5H,1H3,(H,8,9,10)/b10-8+;. The first kappa shape index (κ1) is 17.5. The van der Waals surface area contributed by atoms with Crippen LogP contribution < -0.4 is 10.2 Å². The molecule has 3 N–H and O–H groups in total. The first-order valence-corrected chi connectivity index (χ1v) is 9.81. The third kappa shape index (κ3) is 4.33. The summed E-state index contributed by atoms with van der Waals surface area (Å²) in [7, 11) is -2.02. The number of nitrogens with zero attached hydrogens (tertiary/aromatic N) is 2. The molecule has 0 atom stereocenters. The molecule has 23 heavy (non-hydrogen) atoms. The Morgan fingerprint density at radius 3 is 2.26 bits per heavy atom. The van der Waals surface area contributed by atoms with Crippen molar-refractivity contribution in [3.05, 3.63) is 58.5 Å². The van der Waals surface area contributed by atoms with Gasteiger partial charge in [0.15, 0.2) is 0 Å². The van der Waals surface area contributed by atoms with E-state index in [1.165, 1.54) is 21.9 Å². The van der Waals surface area contributed by atoms with E-state index < -0.39 is 10.1 Å². The van der Waals surface area contributed by atoms with Crippen LogP contribution in [0.4, 0.5) is 0 Å². The molecule has 1 aromatic heterocycles. The van der Waals surface area contributed by atoms with Crippen molar-refractivity contribution < 1.29 is 13.0 Å². The molecule has 3 rings (SSSR count). The van der Waals surface area contributed by atoms with Crippen molar-refractivity contribution in [3.63, 3.8) is 0 Å². The number of benzene rings is 2. The van der Waals surface area contributed by atoms with Crippen LogP contribution >= 0.6 is 0 Å². The van der Waals surface area contributed by atoms with Gasteiger partial charge in [-0.1, -0.05) is 17.7 Å². The fraction of sp³-hybridized carbons (Fsp3) is 0.133. The Morgan fingerprint density at radius 2 is 1.74 bits per heavy atom. The van der Waals surface area contributed by atoms with Crippen molar-refractivity contribution in [2.24, 2.45) is 18.0 Å². The fourth-order valence-electron chi connectivity index (χ4n) is 1.91. The maximum absolute atomic E-state index is 10.5. The average molecular weight is 398 g/mol. The number of hydrogen-bond acceptors (Lipinski definition) is 4. The van der Waals surface area contributed by atoms with Gasteiger partial charge in [-0.05, 0) is 19.1 Å². The molecule has 0 bridgehead atoms. The monoisotopic (exact) mass is 399 g/mol. The van der Waals surface area contributed by atoms with Gasteiger partial charge in [-0.15, -0.1) is 0 Å². The van der Waals surface area contributed by atoms with E-state index in [4.69, 9.17) is 10.4 Å². The molecular formula is C15H17N3O3SSe. The summed E-state index contributed by atoms with van der Waals surface area (Å²) in [4.78, 5) is -0.0666. The van der Waals surface area contributed by atoms with E-state index in [1.54, 1.807) is 12.1 Å². The second-order valence-corrected chi connectivity index (χ2v) is 8.37. The van der Waals surface area contributed by atoms with Crippen LogP contribution in [0.2, 0.25) is 0 Å². The summed E-state index contributed by atoms with van der Waals surface area (Å²) in [6, 6.07) is 14.3. The molecule has 0 aliphatic heterocycles. The van der Waals surface area contributed by atoms with Crippen molar-refractivity contribution in [2.75, 3.05) is 0 Å². The predicted molar refractivity (Wildman–Crippen MR) is 90.6 cm³/mol. The number of para-hydroxylation sites is 1. The number of hydrogen-bond donors (Lipinski definition) is 2. The molecule has 0 saturated heterocycles. The molecule has 0 saturated carbocycles. The van der Waals surface area contributed by atoms with Crippen molar-refractivity contribution in [1.82, 2.24) is 4.57 Å². The number of nitrogens with two attached hydrogens (primary N) is 1. The van der Waals surface area contributed by atoms with Crippen molar-refractivity contribution >= 4 is 34.4 Å². The third-order valence-corrected chi connectivity index (χ3v) is 6.38. The van der Waals surface area contributed by atoms with Crippen LogP contribution in [-0.4, -0.2) is 32.0 Å². The molecular weight excluding hydrogens is 381 g/mol. The van der Waals surface area contributed by atoms with Crippen molar-refractivity contribution in [1.29, 1.82) is 0 Å². The summed E-state index contributed by atoms with van der Waals surface area (Å²) in [6.07, 6.45) is 0. The van der Waals surface area contributed by atoms with Gasteiger partial charge in [0.25, 0.3) is 10.1 Å². The van der Waals surface area contributed by atoms with Gasteiger partial charge < -0.3 is 0 Å². The zero-order chi connectivity index (χ0) is 17.0. The normalized spacial score (nSPS) is 12.0. The number of rotatable bonds is 1. The second-order valence-electron chi connectivity index (χ2n) is 4.83. The van der Waals surface area contributed by atoms with E-state index >= 15 is 0 Å². The van der Waals surface area contributed by atoms with E-state index in [0.717, 1.165) is 9.93 Å². The number of fused-ring (bicyclic) bond motifs is 1. The van der Waals surface area contributed by atoms with Crippen LogP contribution in [0.15, 0.2) is 58.5 Å². The van der Waals surface area contributed by atoms with E-state index in [2.05, 4.69) is 21.8 Å². The Hall–Kier alpha value is -1.86. The van der Waals surface area contributed by atoms with Crippen molar-refractivity contribution in [2.45, 2.75) is 11.8 Å². The van der Waals surface area contributed by atoms with Crippen LogP contribution in [0.25, 0.3) is 9.78 Å². The Bertz CT molecular complexity index is 973. The van der Waals surface area contributed by atoms with Gasteiger partial charge in [0, 0.05) is 0 Å². The first-order valence-electron chi connectivity index (χ1n) is 6.65. The molecule has 2 aromatic carbocycles. The zero-order valence-corrected chi connectivity index (χ0v) is 15.2. The maximum atomic E-state index is 10.5. The zero-order valence-electron chi connectivity index (χ0n) is 12.7. The summed E-state index contributed by atoms with van der Waals surface area (Å²) < 4.78 is 34.0. The summed E-state index contributed by atoms with van der Waals surface area (Å²) >= 11 is 0.292. The molecule has 0 spiro atoms. The molecule has 122 valence electrons. The number of aryl methyl sites for hydroxylation is 2. The van der Waals surface area contributed by atoms with E-state index in [0.29, 0.717) is 14.5 Å². The molecule has 0 radical (unpaired) electrons. The van der Waals surface area contributed by atoms with E-state index in [9.17, 15) is 8.42 Å². The molecule has 3 aromatic rings. The molecule has 1 heterocycles. The van der Waals surface area contributed by atoms with Gasteiger partial charge in [-0.2, -0.15) is 8.42 Å². The first-order chi connectivity index (χ1) is 10.8. The summed E-state index contributed by atoms with van der Waals surface area (Å²) in [5, 5.41) is 3.75. The molecule has 0 amide bonds. The van der Waals surface area contributed by atoms with Crippen LogP contribution in [0.1, 0.15) is 5.56 Å². The number of aromatic nitrogens is 1. The summed E-state index contributed by atoms with van der Waals surface area (Å²) in [5.41, 5.74) is 2.19. The summed E-state index contributed by atoms with van der Waals surface area (Å²) in [6.45, 7) is 1.84. The molecule has 0 aliphatic carbocycles. The quantitative estimate of drug-likeness (QED) is 0.279. The van der Waals surface area contributed by atoms with Gasteiger partial charge in [-0.3, -0.25) is 4.55 Å². The third-order valence-electron chi connectivity index (χ3n) is 3.14. The molecule has 0 aliphatic rings. The van der Waals surface area contributed by atoms with Crippen LogP contribution in [0, 0.1) is 6.92 Å². The molecule has 6 nitrogen and oxygen atoms in total. The fourth-order valence-corrected chi connectivity index (χ4v) is 4.37. The van der Waals surface area contributed by atoms with E-state index in [1.807, 2.05) is 26.1 Å². The molecule has 0 fully saturated rings. The van der Waals surface area contributed by atoms with Crippen LogP contribution in [-0.2, 0) is 17.2 Å². The minimum atomic E-state index is -4.02. The predicted octanol–water partition coefficient (Wildman–Crippen LogP) is 1.25. The van der Waals surface area contributed by atoms with Crippen LogP contribution in [0.3, 0.4) is 0 Å². The van der Waals surface area contributed by atoms with Gasteiger partial charge in [0.1, 0.15) is 0 Å². The molecule has 8 heteroatoms.